The maximum absolute atomic E-state index is 14.4. The van der Waals surface area contributed by atoms with Gasteiger partial charge in [-0.1, -0.05) is 59.7 Å². The quantitative estimate of drug-likeness (QED) is 0.308. The Balaban J connectivity index is 1.62. The van der Waals surface area contributed by atoms with E-state index in [1.807, 2.05) is 62.4 Å². The number of ketones is 1. The molecule has 1 N–H and O–H groups in total. The molecule has 3 aliphatic heterocycles. The van der Waals surface area contributed by atoms with Crippen molar-refractivity contribution in [2.45, 2.75) is 31.3 Å². The van der Waals surface area contributed by atoms with E-state index < -0.39 is 16.4 Å². The fourth-order valence-electron chi connectivity index (χ4n) is 6.31. The number of carbonyl (C=O) groups excluding carboxylic acids is 2. The Morgan fingerprint density at radius 3 is 2.58 bits per heavy atom. The van der Waals surface area contributed by atoms with E-state index in [9.17, 15) is 19.7 Å². The van der Waals surface area contributed by atoms with Gasteiger partial charge >= 0.3 is 0 Å². The van der Waals surface area contributed by atoms with E-state index in [0.29, 0.717) is 11.4 Å². The summed E-state index contributed by atoms with van der Waals surface area (Å²) >= 11 is 1.73. The van der Waals surface area contributed by atoms with Gasteiger partial charge in [-0.05, 0) is 25.5 Å². The van der Waals surface area contributed by atoms with Crippen LogP contribution in [0.1, 0.15) is 38.5 Å². The van der Waals surface area contributed by atoms with Crippen LogP contribution in [0.15, 0.2) is 66.7 Å². The molecule has 0 aliphatic carbocycles. The van der Waals surface area contributed by atoms with Crippen LogP contribution in [-0.4, -0.2) is 39.2 Å². The van der Waals surface area contributed by atoms with Crippen molar-refractivity contribution < 1.29 is 14.5 Å². The highest BCUT2D eigenvalue weighted by molar-refractivity contribution is 7.99. The fraction of sp³-hybridized carbons (Fsp3) is 0.286. The van der Waals surface area contributed by atoms with Crippen molar-refractivity contribution in [3.05, 3.63) is 105 Å². The highest BCUT2D eigenvalue weighted by Crippen LogP contribution is 2.61. The highest BCUT2D eigenvalue weighted by atomic mass is 32.2. The zero-order chi connectivity index (χ0) is 25.2. The molecule has 0 bridgehead atoms. The van der Waals surface area contributed by atoms with Gasteiger partial charge in [-0.25, -0.2) is 0 Å². The molecule has 8 heteroatoms. The number of nitrogens with zero attached hydrogens (tertiary/aromatic N) is 2. The van der Waals surface area contributed by atoms with Gasteiger partial charge in [0.1, 0.15) is 5.54 Å². The third kappa shape index (κ3) is 3.17. The summed E-state index contributed by atoms with van der Waals surface area (Å²) in [6.07, 6.45) is 0. The number of non-ortho nitro benzene ring substituents is 1. The lowest BCUT2D eigenvalue weighted by atomic mass is 9.69. The Morgan fingerprint density at radius 1 is 1.08 bits per heavy atom. The van der Waals surface area contributed by atoms with Crippen molar-refractivity contribution in [3.63, 3.8) is 0 Å². The first-order valence-corrected chi connectivity index (χ1v) is 13.1. The molecule has 0 unspecified atom stereocenters. The van der Waals surface area contributed by atoms with Crippen molar-refractivity contribution in [3.8, 4) is 0 Å². The lowest BCUT2D eigenvalue weighted by Crippen LogP contribution is -2.52. The largest absolute Gasteiger partial charge is 0.324 e. The second kappa shape index (κ2) is 8.28. The number of fused-ring (bicyclic) bond motifs is 4. The molecule has 2 fully saturated rings. The van der Waals surface area contributed by atoms with Crippen LogP contribution in [0.25, 0.3) is 0 Å². The Bertz CT molecular complexity index is 1420. The number of benzene rings is 3. The number of hydrogen-bond donors (Lipinski definition) is 1. The Hall–Kier alpha value is -3.49. The van der Waals surface area contributed by atoms with Gasteiger partial charge in [-0.15, -0.1) is 11.8 Å². The highest BCUT2D eigenvalue weighted by Gasteiger charge is 2.69. The number of carbonyl (C=O) groups is 2. The van der Waals surface area contributed by atoms with E-state index >= 15 is 0 Å². The summed E-state index contributed by atoms with van der Waals surface area (Å²) in [6.45, 7) is 3.95. The number of aryl methyl sites for hydroxylation is 2. The molecule has 4 atom stereocenters. The third-order valence-electron chi connectivity index (χ3n) is 7.86. The first kappa shape index (κ1) is 22.9. The Morgan fingerprint density at radius 2 is 1.83 bits per heavy atom. The van der Waals surface area contributed by atoms with Crippen LogP contribution in [0.2, 0.25) is 0 Å². The Labute approximate surface area is 213 Å². The minimum atomic E-state index is -1.19. The van der Waals surface area contributed by atoms with Crippen LogP contribution < -0.4 is 5.32 Å². The molecule has 6 rings (SSSR count). The van der Waals surface area contributed by atoms with Gasteiger partial charge in [0.15, 0.2) is 5.78 Å². The molecule has 7 nitrogen and oxygen atoms in total. The average molecular weight is 500 g/mol. The third-order valence-corrected chi connectivity index (χ3v) is 8.90. The topological polar surface area (TPSA) is 92.5 Å². The molecule has 3 aromatic rings. The number of Topliss-reactive ketones (excluding diaryl/α,β-unsaturated/α-hetero) is 1. The molecule has 0 saturated carbocycles. The van der Waals surface area contributed by atoms with Crippen LogP contribution in [0, 0.1) is 29.9 Å². The van der Waals surface area contributed by atoms with Gasteiger partial charge in [0, 0.05) is 52.5 Å². The summed E-state index contributed by atoms with van der Waals surface area (Å²) in [5.74, 6) is -0.0954. The molecule has 3 aromatic carbocycles. The molecule has 3 heterocycles. The van der Waals surface area contributed by atoms with E-state index in [1.54, 1.807) is 23.9 Å². The van der Waals surface area contributed by atoms with Gasteiger partial charge in [-0.3, -0.25) is 24.6 Å². The second-order valence-corrected chi connectivity index (χ2v) is 10.9. The number of thioether (sulfide) groups is 1. The molecule has 0 aromatic heterocycles. The summed E-state index contributed by atoms with van der Waals surface area (Å²) < 4.78 is 0. The number of nitrogens with one attached hydrogen (secondary N) is 1. The lowest BCUT2D eigenvalue weighted by Gasteiger charge is -2.36. The van der Waals surface area contributed by atoms with Crippen LogP contribution in [-0.2, 0) is 10.3 Å². The van der Waals surface area contributed by atoms with Crippen molar-refractivity contribution in [1.29, 1.82) is 0 Å². The van der Waals surface area contributed by atoms with Crippen molar-refractivity contribution in [2.24, 2.45) is 5.92 Å². The average Bonchev–Trinajstić information content (AvgIpc) is 3.52. The Kier molecular flexibility index (Phi) is 5.28. The number of anilines is 1. The maximum Gasteiger partial charge on any atom is 0.269 e. The number of nitro benzene ring substituents is 1. The first-order chi connectivity index (χ1) is 17.3. The monoisotopic (exact) mass is 499 g/mol. The maximum atomic E-state index is 14.4. The van der Waals surface area contributed by atoms with Crippen LogP contribution in [0.5, 0.6) is 0 Å². The van der Waals surface area contributed by atoms with Gasteiger partial charge < -0.3 is 5.32 Å². The molecular weight excluding hydrogens is 474 g/mol. The van der Waals surface area contributed by atoms with Crippen LogP contribution in [0.4, 0.5) is 11.4 Å². The standard InChI is InChI=1S/C28H25N3O4S/c1-16-6-9-18(10-7-16)26(32)25-24(19-4-3-5-20(13-19)31(34)35)23-14-36-15-30(23)28(25)21-12-17(2)8-11-22(21)29-27(28)33/h3-13,23-25H,14-15H2,1-2H3,(H,29,33)/t23-,24-,25-,28-/m1/s1. The molecular formula is C28H25N3O4S. The molecule has 36 heavy (non-hydrogen) atoms. The molecule has 1 amide bonds. The first-order valence-electron chi connectivity index (χ1n) is 11.9. The van der Waals surface area contributed by atoms with Crippen molar-refractivity contribution >= 4 is 34.8 Å². The molecule has 0 radical (unpaired) electrons. The van der Waals surface area contributed by atoms with E-state index in [2.05, 4.69) is 10.2 Å². The zero-order valence-electron chi connectivity index (χ0n) is 19.9. The van der Waals surface area contributed by atoms with Crippen LogP contribution >= 0.6 is 11.8 Å². The van der Waals surface area contributed by atoms with E-state index in [4.69, 9.17) is 0 Å². The van der Waals surface area contributed by atoms with Crippen molar-refractivity contribution in [2.75, 3.05) is 16.9 Å². The SMILES string of the molecule is Cc1ccc(C(=O)[C@H]2[C@H](c3cccc([N+](=O)[O-])c3)[C@H]3CSCN3[C@@]23C(=O)Nc2ccc(C)cc23)cc1. The summed E-state index contributed by atoms with van der Waals surface area (Å²) in [7, 11) is 0. The summed E-state index contributed by atoms with van der Waals surface area (Å²) in [6, 6.07) is 19.8. The normalized spacial score (nSPS) is 26.6. The molecule has 2 saturated heterocycles. The van der Waals surface area contributed by atoms with E-state index in [1.165, 1.54) is 6.07 Å². The molecule has 1 spiro atoms. The lowest BCUT2D eigenvalue weighted by molar-refractivity contribution is -0.384. The number of rotatable bonds is 4. The van der Waals surface area contributed by atoms with Gasteiger partial charge in [0.2, 0.25) is 5.91 Å². The van der Waals surface area contributed by atoms with E-state index in [0.717, 1.165) is 33.7 Å². The molecule has 3 aliphatic rings. The van der Waals surface area contributed by atoms with Gasteiger partial charge in [0.05, 0.1) is 10.8 Å². The van der Waals surface area contributed by atoms with Crippen LogP contribution in [0.3, 0.4) is 0 Å². The predicted octanol–water partition coefficient (Wildman–Crippen LogP) is 5.03. The zero-order valence-corrected chi connectivity index (χ0v) is 20.7. The minimum absolute atomic E-state index is 0.0145. The second-order valence-electron chi connectivity index (χ2n) is 9.89. The number of amides is 1. The van der Waals surface area contributed by atoms with Gasteiger partial charge in [0.25, 0.3) is 5.69 Å². The number of hydrogen-bond acceptors (Lipinski definition) is 6. The minimum Gasteiger partial charge on any atom is -0.324 e. The van der Waals surface area contributed by atoms with Crippen molar-refractivity contribution in [1.82, 2.24) is 4.90 Å². The smallest absolute Gasteiger partial charge is 0.269 e. The summed E-state index contributed by atoms with van der Waals surface area (Å²) in [4.78, 5) is 41.9. The summed E-state index contributed by atoms with van der Waals surface area (Å²) in [5, 5.41) is 14.7. The fourth-order valence-corrected chi connectivity index (χ4v) is 7.63. The van der Waals surface area contributed by atoms with E-state index in [-0.39, 0.29) is 29.3 Å². The van der Waals surface area contributed by atoms with Gasteiger partial charge in [-0.2, -0.15) is 0 Å². The molecule has 182 valence electrons. The summed E-state index contributed by atoms with van der Waals surface area (Å²) in [5.41, 5.74) is 3.65. The number of nitro groups is 1. The predicted molar refractivity (Wildman–Crippen MR) is 139 cm³/mol.